The lowest BCUT2D eigenvalue weighted by molar-refractivity contribution is -0.335. The van der Waals surface area contributed by atoms with Crippen molar-refractivity contribution in [2.24, 2.45) is 98.6 Å². The van der Waals surface area contributed by atoms with Crippen LogP contribution in [0.25, 0.3) is 0 Å². The lowest BCUT2D eigenvalue weighted by Gasteiger charge is -2.32. The van der Waals surface area contributed by atoms with E-state index in [0.717, 1.165) is 44.4 Å². The molecule has 3 rings (SSSR count). The Balaban J connectivity index is -0.000000210. The molecule has 0 aromatic carbocycles. The van der Waals surface area contributed by atoms with Gasteiger partial charge in [0.1, 0.15) is 0 Å². The Morgan fingerprint density at radius 3 is 0.812 bits per heavy atom. The van der Waals surface area contributed by atoms with Crippen LogP contribution in [-0.4, -0.2) is 49.4 Å². The molecule has 3 aliphatic carbocycles. The lowest BCUT2D eigenvalue weighted by atomic mass is 9.86. The van der Waals surface area contributed by atoms with Crippen molar-refractivity contribution < 1.29 is 96.6 Å². The summed E-state index contributed by atoms with van der Waals surface area (Å²) in [5, 5.41) is 0. The number of hydrogen-bond acceptors (Lipinski definition) is 0. The molecular weight excluding hydrogens is 1170 g/mol. The normalized spacial score (nSPS) is 25.4. The number of rotatable bonds is 8. The number of halogens is 22. The zero-order valence-corrected chi connectivity index (χ0v) is 56.4. The van der Waals surface area contributed by atoms with Crippen molar-refractivity contribution >= 4 is 0 Å². The third-order valence-corrected chi connectivity index (χ3v) is 17.4. The molecule has 3 aliphatic rings. The molecule has 3 saturated carbocycles. The van der Waals surface area contributed by atoms with Gasteiger partial charge in [-0.3, -0.25) is 0 Å². The quantitative estimate of drug-likeness (QED) is 0.213. The van der Waals surface area contributed by atoms with E-state index in [-0.39, 0.29) is 31.6 Å². The molecular formula is C63H116F22. The maximum Gasteiger partial charge on any atom is 0.402 e. The van der Waals surface area contributed by atoms with Crippen LogP contribution in [0.4, 0.5) is 96.6 Å². The summed E-state index contributed by atoms with van der Waals surface area (Å²) in [4.78, 5) is 0. The van der Waals surface area contributed by atoms with E-state index < -0.39 is 114 Å². The molecule has 0 nitrogen and oxygen atoms in total. The Labute approximate surface area is 500 Å². The second-order valence-electron chi connectivity index (χ2n) is 27.8. The van der Waals surface area contributed by atoms with Gasteiger partial charge in [0.05, 0.1) is 23.2 Å². The number of hydrogen-bond donors (Lipinski definition) is 0. The molecule has 85 heavy (non-hydrogen) atoms. The van der Waals surface area contributed by atoms with Gasteiger partial charge in [0.2, 0.25) is 12.3 Å². The molecule has 0 heterocycles. The first kappa shape index (κ1) is 94.6. The van der Waals surface area contributed by atoms with Crippen molar-refractivity contribution in [2.75, 3.05) is 0 Å². The van der Waals surface area contributed by atoms with Crippen molar-refractivity contribution in [1.82, 2.24) is 0 Å². The first-order chi connectivity index (χ1) is 37.3. The summed E-state index contributed by atoms with van der Waals surface area (Å²) in [6.45, 7) is 45.3. The molecule has 522 valence electrons. The molecule has 0 aliphatic heterocycles. The van der Waals surface area contributed by atoms with Gasteiger partial charge >= 0.3 is 37.1 Å². The molecule has 10 unspecified atom stereocenters. The van der Waals surface area contributed by atoms with Gasteiger partial charge in [-0.05, 0) is 104 Å². The Hall–Kier alpha value is -1.54. The zero-order chi connectivity index (χ0) is 70.1. The SMILES string of the molecule is CC1C(C)C(C(F)(F)F)C(C)C1C(F)(F)F.CC1CC(C)C(C(F)(F)F)C1.CC1CCC(C)C1C.CCC(C)(C(F)(F)F)C(F)(F)F.CCC(C)(C)C.CCC(C)(C)C(F)(F)F.CCC(F)(F)C(C)C.CCCC(C)(C)C.CCCC(C)C(F)F. The van der Waals surface area contributed by atoms with Crippen LogP contribution in [-0.2, 0) is 0 Å². The number of alkyl halides is 22. The molecule has 0 aromatic rings. The second kappa shape index (κ2) is 39.0. The van der Waals surface area contributed by atoms with Crippen LogP contribution >= 0.6 is 0 Å². The van der Waals surface area contributed by atoms with Crippen molar-refractivity contribution in [3.05, 3.63) is 0 Å². The third-order valence-electron chi connectivity index (χ3n) is 17.4. The first-order valence-corrected chi connectivity index (χ1v) is 30.3. The van der Waals surface area contributed by atoms with Gasteiger partial charge in [0.25, 0.3) is 0 Å². The van der Waals surface area contributed by atoms with Crippen LogP contribution < -0.4 is 0 Å². The van der Waals surface area contributed by atoms with Crippen molar-refractivity contribution in [3.63, 3.8) is 0 Å². The van der Waals surface area contributed by atoms with Crippen LogP contribution in [0.15, 0.2) is 0 Å². The fourth-order valence-corrected chi connectivity index (χ4v) is 9.16. The predicted octanol–water partition coefficient (Wildman–Crippen LogP) is 27.3. The summed E-state index contributed by atoms with van der Waals surface area (Å²) in [6.07, 6.45) is -21.3. The van der Waals surface area contributed by atoms with Gasteiger partial charge in [-0.25, -0.2) is 17.6 Å². The van der Waals surface area contributed by atoms with Gasteiger partial charge in [0.15, 0.2) is 5.41 Å². The molecule has 3 fully saturated rings. The van der Waals surface area contributed by atoms with Crippen LogP contribution in [0.2, 0.25) is 0 Å². The maximum absolute atomic E-state index is 12.6. The highest BCUT2D eigenvalue weighted by Gasteiger charge is 2.66. The van der Waals surface area contributed by atoms with Crippen LogP contribution in [0.5, 0.6) is 0 Å². The Kier molecular flexibility index (Phi) is 43.4. The highest BCUT2D eigenvalue weighted by Crippen LogP contribution is 2.57. The molecule has 0 spiro atoms. The van der Waals surface area contributed by atoms with E-state index in [4.69, 9.17) is 0 Å². The lowest BCUT2D eigenvalue weighted by Crippen LogP contribution is -2.47. The standard InChI is InChI=1S/C10H14F6.C8H13F3.C8H16.C7H16.C6H8F6.C6H11F3.2C6H12F2.C6H14/c1-4-5(2)8(10(14,15)16)6(3)7(4)9(11,12)13;1-5-3-6(2)7(4-5)8(9,10)11;1-6-4-5-7(2)8(6)3;1-5-6-7(2,3)4;1-3-4(2,5(7,8)9)6(10,11)12;1-4-5(2,3)6(7,8)9;1-4-6(7,8)5(2)3;1-3-4-5(2)6(7)8;1-5-6(2,3)4/h4-8H,1-3H3;5-7H,3-4H2,1-2H3;6-8H,4-5H2,1-3H3;5-6H2,1-4H3;3H2,1-2H3;4H2,1-3H3;5H,4H2,1-3H3;5-6H,3-4H2,1-2H3;5H2,1-4H3. The second-order valence-corrected chi connectivity index (χ2v) is 27.8. The largest absolute Gasteiger partial charge is 0.402 e. The minimum absolute atomic E-state index is 0.0509. The molecule has 0 bridgehead atoms. The monoisotopic (exact) mass is 1290 g/mol. The summed E-state index contributed by atoms with van der Waals surface area (Å²) in [7, 11) is 0. The molecule has 0 radical (unpaired) electrons. The van der Waals surface area contributed by atoms with Gasteiger partial charge in [-0.15, -0.1) is 0 Å². The molecule has 0 N–H and O–H groups in total. The van der Waals surface area contributed by atoms with E-state index in [9.17, 15) is 96.6 Å². The molecule has 0 aromatic heterocycles. The van der Waals surface area contributed by atoms with E-state index >= 15 is 0 Å². The minimum atomic E-state index is -5.24. The summed E-state index contributed by atoms with van der Waals surface area (Å²) in [5.41, 5.74) is -4.01. The van der Waals surface area contributed by atoms with E-state index in [1.54, 1.807) is 13.8 Å². The van der Waals surface area contributed by atoms with E-state index in [1.807, 2.05) is 13.8 Å². The Bertz CT molecular complexity index is 1580. The molecule has 0 amide bonds. The maximum atomic E-state index is 12.6. The molecule has 0 saturated heterocycles. The highest BCUT2D eigenvalue weighted by atomic mass is 19.4. The van der Waals surface area contributed by atoms with E-state index in [0.29, 0.717) is 23.7 Å². The topological polar surface area (TPSA) is 0 Å². The summed E-state index contributed by atoms with van der Waals surface area (Å²) in [6, 6.07) is 0. The van der Waals surface area contributed by atoms with Crippen molar-refractivity contribution in [1.29, 1.82) is 0 Å². The average Bonchev–Trinajstić information content (AvgIpc) is 3.90. The highest BCUT2D eigenvalue weighted by molar-refractivity contribution is 4.97. The van der Waals surface area contributed by atoms with Crippen LogP contribution in [0.1, 0.15) is 257 Å². The molecule has 22 heteroatoms. The smallest absolute Gasteiger partial charge is 0.210 e. The average molecular weight is 1290 g/mol. The predicted molar refractivity (Wildman–Crippen MR) is 305 cm³/mol. The van der Waals surface area contributed by atoms with Crippen LogP contribution in [0.3, 0.4) is 0 Å². The Morgan fingerprint density at radius 2 is 0.741 bits per heavy atom. The van der Waals surface area contributed by atoms with E-state index in [1.165, 1.54) is 87.5 Å². The Morgan fingerprint density at radius 1 is 0.388 bits per heavy atom. The summed E-state index contributed by atoms with van der Waals surface area (Å²) < 4.78 is 267. The fourth-order valence-electron chi connectivity index (χ4n) is 9.16. The van der Waals surface area contributed by atoms with Crippen molar-refractivity contribution in [3.8, 4) is 0 Å². The van der Waals surface area contributed by atoms with Gasteiger partial charge in [-0.2, -0.15) is 79.0 Å². The van der Waals surface area contributed by atoms with E-state index in [2.05, 4.69) is 76.2 Å². The zero-order valence-electron chi connectivity index (χ0n) is 56.4. The van der Waals surface area contributed by atoms with Gasteiger partial charge < -0.3 is 0 Å². The fraction of sp³-hybridized carbons (Fsp3) is 1.00. The van der Waals surface area contributed by atoms with Crippen molar-refractivity contribution in [2.45, 2.75) is 306 Å². The summed E-state index contributed by atoms with van der Waals surface area (Å²) >= 11 is 0. The first-order valence-electron chi connectivity index (χ1n) is 30.3. The van der Waals surface area contributed by atoms with Gasteiger partial charge in [-0.1, -0.05) is 205 Å². The summed E-state index contributed by atoms with van der Waals surface area (Å²) in [5.74, 6) is -8.48. The molecule has 10 atom stereocenters. The van der Waals surface area contributed by atoms with Gasteiger partial charge in [0, 0.05) is 18.3 Å². The minimum Gasteiger partial charge on any atom is -0.210 e. The third kappa shape index (κ3) is 38.7. The van der Waals surface area contributed by atoms with Crippen LogP contribution in [0, 0.1) is 98.6 Å².